The average molecular weight is 292 g/mol. The SMILES string of the molecule is CC(C)Cc1nsc(N2CCC(c3ncn[nH]3)CC2)n1. The number of hydrogen-bond acceptors (Lipinski definition) is 6. The molecule has 0 aliphatic carbocycles. The van der Waals surface area contributed by atoms with Gasteiger partial charge in [-0.3, -0.25) is 5.10 Å². The molecule has 0 radical (unpaired) electrons. The Morgan fingerprint density at radius 1 is 1.40 bits per heavy atom. The maximum atomic E-state index is 4.66. The number of rotatable bonds is 4. The minimum absolute atomic E-state index is 0.497. The fourth-order valence-electron chi connectivity index (χ4n) is 2.58. The number of aromatic nitrogens is 5. The molecule has 7 heteroatoms. The van der Waals surface area contributed by atoms with Gasteiger partial charge < -0.3 is 4.90 Å². The molecule has 1 saturated heterocycles. The van der Waals surface area contributed by atoms with Crippen molar-refractivity contribution >= 4 is 16.7 Å². The van der Waals surface area contributed by atoms with Crippen molar-refractivity contribution in [2.45, 2.75) is 39.0 Å². The van der Waals surface area contributed by atoms with E-state index in [9.17, 15) is 0 Å². The van der Waals surface area contributed by atoms with Crippen LogP contribution in [0.25, 0.3) is 0 Å². The van der Waals surface area contributed by atoms with Crippen LogP contribution in [-0.2, 0) is 6.42 Å². The van der Waals surface area contributed by atoms with Gasteiger partial charge in [-0.15, -0.1) is 0 Å². The minimum Gasteiger partial charge on any atom is -0.347 e. The summed E-state index contributed by atoms with van der Waals surface area (Å²) >= 11 is 1.53. The Morgan fingerprint density at radius 3 is 2.85 bits per heavy atom. The zero-order valence-electron chi connectivity index (χ0n) is 11.9. The van der Waals surface area contributed by atoms with Crippen molar-refractivity contribution in [3.8, 4) is 0 Å². The Labute approximate surface area is 122 Å². The lowest BCUT2D eigenvalue weighted by Crippen LogP contribution is -2.33. The van der Waals surface area contributed by atoms with Gasteiger partial charge >= 0.3 is 0 Å². The standard InChI is InChI=1S/C13H20N6S/c1-9(2)7-11-16-13(20-18-11)19-5-3-10(4-6-19)12-14-8-15-17-12/h8-10H,3-7H2,1-2H3,(H,14,15,17). The second kappa shape index (κ2) is 5.87. The first kappa shape index (κ1) is 13.5. The number of hydrogen-bond donors (Lipinski definition) is 1. The molecule has 2 aromatic rings. The maximum Gasteiger partial charge on any atom is 0.205 e. The Bertz CT molecular complexity index is 527. The van der Waals surface area contributed by atoms with E-state index in [0.29, 0.717) is 11.8 Å². The highest BCUT2D eigenvalue weighted by atomic mass is 32.1. The summed E-state index contributed by atoms with van der Waals surface area (Å²) in [6.07, 6.45) is 4.73. The first-order chi connectivity index (χ1) is 9.72. The fraction of sp³-hybridized carbons (Fsp3) is 0.692. The first-order valence-electron chi connectivity index (χ1n) is 7.15. The zero-order valence-corrected chi connectivity index (χ0v) is 12.7. The molecule has 0 spiro atoms. The molecular formula is C13H20N6S. The van der Waals surface area contributed by atoms with E-state index in [1.165, 1.54) is 11.5 Å². The van der Waals surface area contributed by atoms with E-state index in [1.54, 1.807) is 6.33 Å². The number of nitrogens with one attached hydrogen (secondary N) is 1. The van der Waals surface area contributed by atoms with Crippen molar-refractivity contribution in [1.29, 1.82) is 0 Å². The van der Waals surface area contributed by atoms with Crippen molar-refractivity contribution in [2.75, 3.05) is 18.0 Å². The van der Waals surface area contributed by atoms with Gasteiger partial charge in [0, 0.05) is 37.0 Å². The largest absolute Gasteiger partial charge is 0.347 e. The summed E-state index contributed by atoms with van der Waals surface area (Å²) in [7, 11) is 0. The molecular weight excluding hydrogens is 272 g/mol. The third-order valence-corrected chi connectivity index (χ3v) is 4.45. The van der Waals surface area contributed by atoms with Crippen LogP contribution in [0.1, 0.15) is 44.3 Å². The molecule has 0 atom stereocenters. The second-order valence-corrected chi connectivity index (χ2v) is 6.45. The molecule has 0 amide bonds. The summed E-state index contributed by atoms with van der Waals surface area (Å²) in [5.74, 6) is 3.10. The summed E-state index contributed by atoms with van der Waals surface area (Å²) in [5, 5.41) is 7.98. The highest BCUT2D eigenvalue weighted by Gasteiger charge is 2.24. The molecule has 2 aromatic heterocycles. The molecule has 1 aliphatic heterocycles. The number of H-pyrrole nitrogens is 1. The topological polar surface area (TPSA) is 70.6 Å². The van der Waals surface area contributed by atoms with Crippen molar-refractivity contribution in [3.63, 3.8) is 0 Å². The Hall–Kier alpha value is -1.50. The highest BCUT2D eigenvalue weighted by molar-refractivity contribution is 7.09. The average Bonchev–Trinajstić information content (AvgIpc) is 3.09. The lowest BCUT2D eigenvalue weighted by atomic mass is 9.96. The molecule has 0 aromatic carbocycles. The van der Waals surface area contributed by atoms with E-state index in [2.05, 4.69) is 43.3 Å². The van der Waals surface area contributed by atoms with E-state index in [-0.39, 0.29) is 0 Å². The Kier molecular flexibility index (Phi) is 3.95. The van der Waals surface area contributed by atoms with Crippen LogP contribution in [0, 0.1) is 5.92 Å². The molecule has 108 valence electrons. The predicted molar refractivity (Wildman–Crippen MR) is 79.0 cm³/mol. The van der Waals surface area contributed by atoms with Crippen molar-refractivity contribution in [2.24, 2.45) is 5.92 Å². The van der Waals surface area contributed by atoms with Crippen LogP contribution in [0.15, 0.2) is 6.33 Å². The Balaban J connectivity index is 1.59. The summed E-state index contributed by atoms with van der Waals surface area (Å²) < 4.78 is 4.46. The van der Waals surface area contributed by atoms with Gasteiger partial charge in [-0.25, -0.2) is 9.97 Å². The van der Waals surface area contributed by atoms with Crippen LogP contribution >= 0.6 is 11.5 Å². The lowest BCUT2D eigenvalue weighted by molar-refractivity contribution is 0.486. The van der Waals surface area contributed by atoms with Crippen molar-refractivity contribution in [3.05, 3.63) is 18.0 Å². The first-order valence-corrected chi connectivity index (χ1v) is 7.92. The molecule has 1 aliphatic rings. The van der Waals surface area contributed by atoms with E-state index in [0.717, 1.165) is 49.1 Å². The van der Waals surface area contributed by atoms with Crippen molar-refractivity contribution < 1.29 is 0 Å². The highest BCUT2D eigenvalue weighted by Crippen LogP contribution is 2.29. The summed E-state index contributed by atoms with van der Waals surface area (Å²) in [4.78, 5) is 11.3. The molecule has 0 unspecified atom stereocenters. The van der Waals surface area contributed by atoms with Gasteiger partial charge in [-0.05, 0) is 18.8 Å². The van der Waals surface area contributed by atoms with Crippen LogP contribution < -0.4 is 4.90 Å². The van der Waals surface area contributed by atoms with Gasteiger partial charge in [0.15, 0.2) is 0 Å². The molecule has 1 fully saturated rings. The van der Waals surface area contributed by atoms with Gasteiger partial charge in [0.05, 0.1) is 0 Å². The zero-order chi connectivity index (χ0) is 13.9. The van der Waals surface area contributed by atoms with Gasteiger partial charge in [0.2, 0.25) is 5.13 Å². The van der Waals surface area contributed by atoms with Crippen LogP contribution in [0.4, 0.5) is 5.13 Å². The number of nitrogens with zero attached hydrogens (tertiary/aromatic N) is 5. The van der Waals surface area contributed by atoms with Crippen molar-refractivity contribution in [1.82, 2.24) is 24.5 Å². The van der Waals surface area contributed by atoms with Crippen LogP contribution in [0.3, 0.4) is 0 Å². The molecule has 20 heavy (non-hydrogen) atoms. The third kappa shape index (κ3) is 2.98. The Morgan fingerprint density at radius 2 is 2.20 bits per heavy atom. The van der Waals surface area contributed by atoms with E-state index in [1.807, 2.05) is 0 Å². The second-order valence-electron chi connectivity index (χ2n) is 5.72. The van der Waals surface area contributed by atoms with Gasteiger partial charge in [0.25, 0.3) is 0 Å². The smallest absolute Gasteiger partial charge is 0.205 e. The lowest BCUT2D eigenvalue weighted by Gasteiger charge is -2.30. The predicted octanol–water partition coefficient (Wildman–Crippen LogP) is 2.24. The molecule has 0 bridgehead atoms. The molecule has 1 N–H and O–H groups in total. The van der Waals surface area contributed by atoms with Gasteiger partial charge in [-0.1, -0.05) is 13.8 Å². The van der Waals surface area contributed by atoms with Gasteiger partial charge in [-0.2, -0.15) is 9.47 Å². The number of piperidine rings is 1. The van der Waals surface area contributed by atoms with Crippen LogP contribution in [-0.4, -0.2) is 37.6 Å². The molecule has 3 rings (SSSR count). The summed E-state index contributed by atoms with van der Waals surface area (Å²) in [5.41, 5.74) is 0. The van der Waals surface area contributed by atoms with E-state index >= 15 is 0 Å². The molecule has 0 saturated carbocycles. The number of aromatic amines is 1. The monoisotopic (exact) mass is 292 g/mol. The number of anilines is 1. The molecule has 6 nitrogen and oxygen atoms in total. The molecule has 3 heterocycles. The van der Waals surface area contributed by atoms with E-state index < -0.39 is 0 Å². The fourth-order valence-corrected chi connectivity index (χ4v) is 3.32. The summed E-state index contributed by atoms with van der Waals surface area (Å²) in [6.45, 7) is 6.43. The normalized spacial score (nSPS) is 17.1. The van der Waals surface area contributed by atoms with Gasteiger partial charge in [0.1, 0.15) is 18.0 Å². The maximum absolute atomic E-state index is 4.66. The van der Waals surface area contributed by atoms with Crippen LogP contribution in [0.2, 0.25) is 0 Å². The van der Waals surface area contributed by atoms with E-state index in [4.69, 9.17) is 0 Å². The minimum atomic E-state index is 0.497. The third-order valence-electron chi connectivity index (χ3n) is 3.63. The van der Waals surface area contributed by atoms with Crippen LogP contribution in [0.5, 0.6) is 0 Å². The summed E-state index contributed by atoms with van der Waals surface area (Å²) in [6, 6.07) is 0. The quantitative estimate of drug-likeness (QED) is 0.935.